The first-order valence-electron chi connectivity index (χ1n) is 4.72. The van der Waals surface area contributed by atoms with Crippen molar-refractivity contribution in [2.75, 3.05) is 0 Å². The third-order valence-electron chi connectivity index (χ3n) is 1.33. The summed E-state index contributed by atoms with van der Waals surface area (Å²) in [6.07, 6.45) is 1.10. The van der Waals surface area contributed by atoms with Crippen LogP contribution in [0.5, 0.6) is 0 Å². The van der Waals surface area contributed by atoms with Crippen LogP contribution in [-0.2, 0) is 16.1 Å². The van der Waals surface area contributed by atoms with Crippen molar-refractivity contribution in [1.82, 2.24) is 0 Å². The molecule has 0 atom stereocenters. The maximum absolute atomic E-state index is 9.75. The van der Waals surface area contributed by atoms with E-state index < -0.39 is 0 Å². The van der Waals surface area contributed by atoms with E-state index in [1.54, 1.807) is 0 Å². The highest BCUT2D eigenvalue weighted by atomic mass is 16.5. The molecule has 0 unspecified atom stereocenters. The molecule has 0 aliphatic carbocycles. The fourth-order valence-electron chi connectivity index (χ4n) is 0.731. The summed E-state index contributed by atoms with van der Waals surface area (Å²) in [5.41, 5.74) is 6.54. The van der Waals surface area contributed by atoms with Crippen LogP contribution in [0.3, 0.4) is 0 Å². The molecule has 0 heterocycles. The molecule has 0 spiro atoms. The number of ether oxygens (including phenoxy) is 1. The van der Waals surface area contributed by atoms with Crippen LogP contribution in [0.1, 0.15) is 12.5 Å². The Morgan fingerprint density at radius 1 is 1.38 bits per heavy atom. The van der Waals surface area contributed by atoms with Crippen molar-refractivity contribution < 1.29 is 9.53 Å². The number of carbonyl (C=O) groups excluding carboxylic acids is 1. The number of rotatable bonds is 2. The van der Waals surface area contributed by atoms with Crippen LogP contribution in [0.15, 0.2) is 56.3 Å². The van der Waals surface area contributed by atoms with Crippen molar-refractivity contribution in [1.29, 1.82) is 0 Å². The number of esters is 1. The predicted octanol–water partition coefficient (Wildman–Crippen LogP) is 2.64. The van der Waals surface area contributed by atoms with E-state index in [0.29, 0.717) is 6.54 Å². The minimum Gasteiger partial charge on any atom is -0.435 e. The van der Waals surface area contributed by atoms with Gasteiger partial charge in [-0.15, -0.1) is 13.2 Å². The zero-order valence-electron chi connectivity index (χ0n) is 9.69. The van der Waals surface area contributed by atoms with Crippen molar-refractivity contribution in [3.63, 3.8) is 0 Å². The molecule has 0 fully saturated rings. The molecule has 0 amide bonds. The standard InChI is InChI=1S/C7H9N.C4H6O2.C2H4/c8-6-7-4-2-1-3-5-7;1-3-6-4(2)5;1-2/h1-5H,6,8H2;3H,1H2,2H3;1-2H2. The van der Waals surface area contributed by atoms with E-state index in [4.69, 9.17) is 5.73 Å². The third-order valence-corrected chi connectivity index (χ3v) is 1.33. The molecule has 3 nitrogen and oxygen atoms in total. The molecule has 16 heavy (non-hydrogen) atoms. The molecule has 3 heteroatoms. The topological polar surface area (TPSA) is 52.3 Å². The van der Waals surface area contributed by atoms with E-state index >= 15 is 0 Å². The summed E-state index contributed by atoms with van der Waals surface area (Å²) in [6.45, 7) is 11.1. The van der Waals surface area contributed by atoms with Gasteiger partial charge < -0.3 is 10.5 Å². The Balaban J connectivity index is 0. The van der Waals surface area contributed by atoms with Gasteiger partial charge in [0.1, 0.15) is 0 Å². The number of nitrogens with two attached hydrogens (primary N) is 1. The zero-order valence-corrected chi connectivity index (χ0v) is 9.69. The Hall–Kier alpha value is -1.87. The van der Waals surface area contributed by atoms with Gasteiger partial charge in [0.15, 0.2) is 0 Å². The Kier molecular flexibility index (Phi) is 13.6. The molecule has 0 aliphatic heterocycles. The van der Waals surface area contributed by atoms with E-state index in [1.807, 2.05) is 30.3 Å². The maximum Gasteiger partial charge on any atom is 0.307 e. The van der Waals surface area contributed by atoms with Crippen molar-refractivity contribution in [3.8, 4) is 0 Å². The first-order valence-corrected chi connectivity index (χ1v) is 4.72. The van der Waals surface area contributed by atoms with Gasteiger partial charge in [0.2, 0.25) is 0 Å². The van der Waals surface area contributed by atoms with Crippen LogP contribution in [0.4, 0.5) is 0 Å². The summed E-state index contributed by atoms with van der Waals surface area (Å²) in [6, 6.07) is 9.99. The second kappa shape index (κ2) is 13.1. The fourth-order valence-corrected chi connectivity index (χ4v) is 0.731. The molecule has 0 saturated heterocycles. The van der Waals surface area contributed by atoms with Gasteiger partial charge in [0, 0.05) is 13.5 Å². The summed E-state index contributed by atoms with van der Waals surface area (Å²) in [4.78, 5) is 9.75. The number of carbonyl (C=O) groups is 1. The molecule has 0 saturated carbocycles. The monoisotopic (exact) mass is 221 g/mol. The van der Waals surface area contributed by atoms with Gasteiger partial charge in [-0.25, -0.2) is 0 Å². The summed E-state index contributed by atoms with van der Waals surface area (Å²) in [7, 11) is 0. The van der Waals surface area contributed by atoms with Gasteiger partial charge in [-0.05, 0) is 5.56 Å². The van der Waals surface area contributed by atoms with Crippen molar-refractivity contribution in [2.45, 2.75) is 13.5 Å². The van der Waals surface area contributed by atoms with Gasteiger partial charge >= 0.3 is 5.97 Å². The minimum absolute atomic E-state index is 0.329. The van der Waals surface area contributed by atoms with Crippen LogP contribution < -0.4 is 5.73 Å². The lowest BCUT2D eigenvalue weighted by atomic mass is 10.2. The number of hydrogen-bond acceptors (Lipinski definition) is 3. The first kappa shape index (κ1) is 16.6. The molecule has 1 aromatic carbocycles. The summed E-state index contributed by atoms with van der Waals surface area (Å²) in [5, 5.41) is 0. The minimum atomic E-state index is -0.329. The average Bonchev–Trinajstić information content (AvgIpc) is 2.33. The van der Waals surface area contributed by atoms with Crippen LogP contribution in [0, 0.1) is 0 Å². The SMILES string of the molecule is C=C.C=COC(C)=O.NCc1ccccc1. The summed E-state index contributed by atoms with van der Waals surface area (Å²) < 4.78 is 4.17. The largest absolute Gasteiger partial charge is 0.435 e. The molecular formula is C13H19NO2. The number of hydrogen-bond donors (Lipinski definition) is 1. The van der Waals surface area contributed by atoms with E-state index in [0.717, 1.165) is 6.26 Å². The molecule has 0 aliphatic rings. The van der Waals surface area contributed by atoms with Crippen LogP contribution in [0.25, 0.3) is 0 Å². The zero-order chi connectivity index (χ0) is 12.8. The van der Waals surface area contributed by atoms with Crippen molar-refractivity contribution in [3.05, 3.63) is 61.9 Å². The van der Waals surface area contributed by atoms with E-state index in [2.05, 4.69) is 24.5 Å². The van der Waals surface area contributed by atoms with Gasteiger partial charge in [0.05, 0.1) is 6.26 Å². The molecular weight excluding hydrogens is 202 g/mol. The third kappa shape index (κ3) is 12.1. The van der Waals surface area contributed by atoms with Crippen LogP contribution >= 0.6 is 0 Å². The molecule has 0 aromatic heterocycles. The smallest absolute Gasteiger partial charge is 0.307 e. The van der Waals surface area contributed by atoms with Crippen LogP contribution in [0.2, 0.25) is 0 Å². The highest BCUT2D eigenvalue weighted by Crippen LogP contribution is 1.94. The average molecular weight is 221 g/mol. The predicted molar refractivity (Wildman–Crippen MR) is 67.6 cm³/mol. The van der Waals surface area contributed by atoms with Crippen LogP contribution in [-0.4, -0.2) is 5.97 Å². The van der Waals surface area contributed by atoms with Crippen molar-refractivity contribution >= 4 is 5.97 Å². The maximum atomic E-state index is 9.75. The molecule has 1 aromatic rings. The first-order chi connectivity index (χ1) is 7.70. The van der Waals surface area contributed by atoms with E-state index in [-0.39, 0.29) is 5.97 Å². The Morgan fingerprint density at radius 3 is 2.06 bits per heavy atom. The lowest BCUT2D eigenvalue weighted by molar-refractivity contribution is -0.135. The summed E-state index contributed by atoms with van der Waals surface area (Å²) >= 11 is 0. The van der Waals surface area contributed by atoms with Crippen molar-refractivity contribution in [2.24, 2.45) is 5.73 Å². The second-order valence-corrected chi connectivity index (χ2v) is 2.47. The normalized spacial score (nSPS) is 7.38. The van der Waals surface area contributed by atoms with Gasteiger partial charge in [-0.1, -0.05) is 36.9 Å². The second-order valence-electron chi connectivity index (χ2n) is 2.47. The molecule has 0 radical (unpaired) electrons. The summed E-state index contributed by atoms with van der Waals surface area (Å²) in [5.74, 6) is -0.329. The van der Waals surface area contributed by atoms with Gasteiger partial charge in [-0.3, -0.25) is 4.79 Å². The lowest BCUT2D eigenvalue weighted by Crippen LogP contribution is -1.94. The van der Waals surface area contributed by atoms with E-state index in [9.17, 15) is 4.79 Å². The molecule has 2 N–H and O–H groups in total. The van der Waals surface area contributed by atoms with Gasteiger partial charge in [0.25, 0.3) is 0 Å². The molecule has 0 bridgehead atoms. The Morgan fingerprint density at radius 2 is 1.88 bits per heavy atom. The number of benzene rings is 1. The lowest BCUT2D eigenvalue weighted by Gasteiger charge is -1.90. The fraction of sp³-hybridized carbons (Fsp3) is 0.154. The Bertz CT molecular complexity index is 283. The quantitative estimate of drug-likeness (QED) is 0.474. The van der Waals surface area contributed by atoms with Gasteiger partial charge in [-0.2, -0.15) is 0 Å². The highest BCUT2D eigenvalue weighted by molar-refractivity contribution is 5.66. The van der Waals surface area contributed by atoms with E-state index in [1.165, 1.54) is 12.5 Å². The highest BCUT2D eigenvalue weighted by Gasteiger charge is 1.80. The Labute approximate surface area is 97.2 Å². The molecule has 1 rings (SSSR count). The molecule has 88 valence electrons.